The maximum Gasteiger partial charge on any atom is 0.175 e. The van der Waals surface area contributed by atoms with Crippen molar-refractivity contribution in [2.24, 2.45) is 5.73 Å². The molecule has 1 aromatic rings. The van der Waals surface area contributed by atoms with Gasteiger partial charge in [0.25, 0.3) is 0 Å². The van der Waals surface area contributed by atoms with Gasteiger partial charge in [-0.1, -0.05) is 0 Å². The maximum absolute atomic E-state index is 8.59. The van der Waals surface area contributed by atoms with Gasteiger partial charge in [-0.05, 0) is 40.5 Å². The molecule has 0 aliphatic rings. The fourth-order valence-corrected chi connectivity index (χ4v) is 2.12. The standard InChI is InChI=1S/C13H20BrNO4/c1-2-18-12-8-10(9-15)7-11(14)13(12)19-6-5-17-4-3-16/h7-8,16H,2-6,9,15H2,1H3. The first-order valence-corrected chi connectivity index (χ1v) is 6.98. The van der Waals surface area contributed by atoms with E-state index < -0.39 is 0 Å². The summed E-state index contributed by atoms with van der Waals surface area (Å²) < 4.78 is 17.1. The number of hydrogen-bond acceptors (Lipinski definition) is 5. The van der Waals surface area contributed by atoms with E-state index in [0.717, 1.165) is 10.0 Å². The van der Waals surface area contributed by atoms with E-state index in [1.165, 1.54) is 0 Å². The Morgan fingerprint density at radius 3 is 2.63 bits per heavy atom. The van der Waals surface area contributed by atoms with E-state index in [1.807, 2.05) is 19.1 Å². The molecule has 0 amide bonds. The molecule has 0 aliphatic heterocycles. The van der Waals surface area contributed by atoms with Crippen LogP contribution in [0.25, 0.3) is 0 Å². The predicted molar refractivity (Wildman–Crippen MR) is 76.6 cm³/mol. The number of nitrogens with two attached hydrogens (primary N) is 1. The van der Waals surface area contributed by atoms with Crippen LogP contribution < -0.4 is 15.2 Å². The number of benzene rings is 1. The fourth-order valence-electron chi connectivity index (χ4n) is 1.51. The number of rotatable bonds is 9. The summed E-state index contributed by atoms with van der Waals surface area (Å²) in [6, 6.07) is 3.78. The Labute approximate surface area is 121 Å². The summed E-state index contributed by atoms with van der Waals surface area (Å²) in [4.78, 5) is 0. The summed E-state index contributed by atoms with van der Waals surface area (Å²) in [6.45, 7) is 4.04. The van der Waals surface area contributed by atoms with Crippen molar-refractivity contribution in [3.8, 4) is 11.5 Å². The van der Waals surface area contributed by atoms with E-state index in [9.17, 15) is 0 Å². The molecule has 3 N–H and O–H groups in total. The highest BCUT2D eigenvalue weighted by molar-refractivity contribution is 9.10. The highest BCUT2D eigenvalue weighted by atomic mass is 79.9. The second kappa shape index (κ2) is 9.14. The second-order valence-electron chi connectivity index (χ2n) is 3.73. The summed E-state index contributed by atoms with van der Waals surface area (Å²) in [5.41, 5.74) is 6.60. The molecular formula is C13H20BrNO4. The van der Waals surface area contributed by atoms with Gasteiger partial charge in [0.1, 0.15) is 6.61 Å². The Morgan fingerprint density at radius 1 is 1.21 bits per heavy atom. The minimum absolute atomic E-state index is 0.0130. The van der Waals surface area contributed by atoms with Gasteiger partial charge in [0, 0.05) is 6.54 Å². The normalized spacial score (nSPS) is 10.5. The number of hydrogen-bond donors (Lipinski definition) is 2. The molecule has 0 saturated heterocycles. The topological polar surface area (TPSA) is 73.9 Å². The quantitative estimate of drug-likeness (QED) is 0.673. The summed E-state index contributed by atoms with van der Waals surface area (Å²) >= 11 is 3.45. The van der Waals surface area contributed by atoms with Crippen LogP contribution in [0.1, 0.15) is 12.5 Å². The predicted octanol–water partition coefficient (Wildman–Crippen LogP) is 1.69. The SMILES string of the molecule is CCOc1cc(CN)cc(Br)c1OCCOCCO. The van der Waals surface area contributed by atoms with Gasteiger partial charge in [0.05, 0.1) is 30.9 Å². The molecule has 0 aromatic heterocycles. The highest BCUT2D eigenvalue weighted by Crippen LogP contribution is 2.36. The van der Waals surface area contributed by atoms with Gasteiger partial charge >= 0.3 is 0 Å². The minimum Gasteiger partial charge on any atom is -0.490 e. The van der Waals surface area contributed by atoms with Gasteiger partial charge in [-0.15, -0.1) is 0 Å². The summed E-state index contributed by atoms with van der Waals surface area (Å²) in [5, 5.41) is 8.59. The van der Waals surface area contributed by atoms with Crippen LogP contribution in [0.2, 0.25) is 0 Å². The zero-order valence-electron chi connectivity index (χ0n) is 11.0. The number of aliphatic hydroxyl groups is 1. The minimum atomic E-state index is 0.0130. The van der Waals surface area contributed by atoms with Crippen molar-refractivity contribution in [2.75, 3.05) is 33.0 Å². The fraction of sp³-hybridized carbons (Fsp3) is 0.538. The lowest BCUT2D eigenvalue weighted by Gasteiger charge is -2.15. The smallest absolute Gasteiger partial charge is 0.175 e. The zero-order valence-corrected chi connectivity index (χ0v) is 12.6. The first-order valence-electron chi connectivity index (χ1n) is 6.19. The number of halogens is 1. The molecule has 0 radical (unpaired) electrons. The van der Waals surface area contributed by atoms with Crippen LogP contribution in [0, 0.1) is 0 Å². The van der Waals surface area contributed by atoms with Gasteiger partial charge in [0.15, 0.2) is 11.5 Å². The molecule has 6 heteroatoms. The average molecular weight is 334 g/mol. The molecule has 0 bridgehead atoms. The van der Waals surface area contributed by atoms with Gasteiger partial charge < -0.3 is 25.1 Å². The molecule has 19 heavy (non-hydrogen) atoms. The van der Waals surface area contributed by atoms with E-state index in [0.29, 0.717) is 44.5 Å². The molecular weight excluding hydrogens is 314 g/mol. The highest BCUT2D eigenvalue weighted by Gasteiger charge is 2.11. The third-order valence-electron chi connectivity index (χ3n) is 2.31. The van der Waals surface area contributed by atoms with E-state index in [2.05, 4.69) is 15.9 Å². The van der Waals surface area contributed by atoms with E-state index in [-0.39, 0.29) is 6.61 Å². The number of aliphatic hydroxyl groups excluding tert-OH is 1. The van der Waals surface area contributed by atoms with E-state index in [4.69, 9.17) is 25.1 Å². The lowest BCUT2D eigenvalue weighted by molar-refractivity contribution is 0.0695. The van der Waals surface area contributed by atoms with Gasteiger partial charge in [-0.2, -0.15) is 0 Å². The molecule has 5 nitrogen and oxygen atoms in total. The molecule has 0 heterocycles. The summed E-state index contributed by atoms with van der Waals surface area (Å²) in [5.74, 6) is 1.31. The van der Waals surface area contributed by atoms with Crippen molar-refractivity contribution in [3.05, 3.63) is 22.2 Å². The van der Waals surface area contributed by atoms with Gasteiger partial charge in [-0.3, -0.25) is 0 Å². The lowest BCUT2D eigenvalue weighted by atomic mass is 10.2. The van der Waals surface area contributed by atoms with Crippen LogP contribution in [0.5, 0.6) is 11.5 Å². The Balaban J connectivity index is 2.68. The molecule has 1 aromatic carbocycles. The summed E-state index contributed by atoms with van der Waals surface area (Å²) in [7, 11) is 0. The molecule has 0 atom stereocenters. The Kier molecular flexibility index (Phi) is 7.81. The van der Waals surface area contributed by atoms with Crippen molar-refractivity contribution < 1.29 is 19.3 Å². The van der Waals surface area contributed by atoms with E-state index >= 15 is 0 Å². The second-order valence-corrected chi connectivity index (χ2v) is 4.58. The van der Waals surface area contributed by atoms with Crippen LogP contribution in [0.4, 0.5) is 0 Å². The first-order chi connectivity index (χ1) is 9.22. The number of ether oxygens (including phenoxy) is 3. The monoisotopic (exact) mass is 333 g/mol. The van der Waals surface area contributed by atoms with Crippen LogP contribution in [0.3, 0.4) is 0 Å². The van der Waals surface area contributed by atoms with Crippen LogP contribution >= 0.6 is 15.9 Å². The van der Waals surface area contributed by atoms with Gasteiger partial charge in [0.2, 0.25) is 0 Å². The van der Waals surface area contributed by atoms with Crippen molar-refractivity contribution in [1.82, 2.24) is 0 Å². The lowest BCUT2D eigenvalue weighted by Crippen LogP contribution is -2.10. The Bertz CT molecular complexity index is 387. The first kappa shape index (κ1) is 16.2. The average Bonchev–Trinajstić information content (AvgIpc) is 2.41. The molecule has 0 fully saturated rings. The van der Waals surface area contributed by atoms with Crippen molar-refractivity contribution >= 4 is 15.9 Å². The third-order valence-corrected chi connectivity index (χ3v) is 2.90. The Morgan fingerprint density at radius 2 is 2.00 bits per heavy atom. The molecule has 0 saturated carbocycles. The van der Waals surface area contributed by atoms with Crippen molar-refractivity contribution in [2.45, 2.75) is 13.5 Å². The summed E-state index contributed by atoms with van der Waals surface area (Å²) in [6.07, 6.45) is 0. The molecule has 1 rings (SSSR count). The van der Waals surface area contributed by atoms with Crippen molar-refractivity contribution in [1.29, 1.82) is 0 Å². The molecule has 108 valence electrons. The maximum atomic E-state index is 8.59. The molecule has 0 aliphatic carbocycles. The largest absolute Gasteiger partial charge is 0.490 e. The molecule has 0 spiro atoms. The van der Waals surface area contributed by atoms with Gasteiger partial charge in [-0.25, -0.2) is 0 Å². The van der Waals surface area contributed by atoms with Crippen LogP contribution in [0.15, 0.2) is 16.6 Å². The Hall–Kier alpha value is -0.820. The third kappa shape index (κ3) is 5.36. The van der Waals surface area contributed by atoms with Crippen molar-refractivity contribution in [3.63, 3.8) is 0 Å². The van der Waals surface area contributed by atoms with Crippen LogP contribution in [-0.2, 0) is 11.3 Å². The zero-order chi connectivity index (χ0) is 14.1. The van der Waals surface area contributed by atoms with Crippen LogP contribution in [-0.4, -0.2) is 38.1 Å². The molecule has 0 unspecified atom stereocenters. The van der Waals surface area contributed by atoms with E-state index in [1.54, 1.807) is 0 Å².